The second kappa shape index (κ2) is 9.20. The predicted octanol–water partition coefficient (Wildman–Crippen LogP) is 3.79. The lowest BCUT2D eigenvalue weighted by atomic mass is 9.95. The molecule has 1 fully saturated rings. The Balaban J connectivity index is 1.93. The Morgan fingerprint density at radius 2 is 1.80 bits per heavy atom. The molecule has 30 heavy (non-hydrogen) atoms. The number of aryl methyl sites for hydroxylation is 2. The molecule has 7 nitrogen and oxygen atoms in total. The fraction of sp³-hybridized carbons (Fsp3) is 0.545. The highest BCUT2D eigenvalue weighted by Gasteiger charge is 2.32. The Hall–Kier alpha value is -2.35. The number of aromatic amines is 1. The van der Waals surface area contributed by atoms with Crippen LogP contribution >= 0.6 is 0 Å². The van der Waals surface area contributed by atoms with Gasteiger partial charge in [-0.2, -0.15) is 5.10 Å². The average molecular weight is 433 g/mol. The van der Waals surface area contributed by atoms with Gasteiger partial charge in [0.1, 0.15) is 11.4 Å². The van der Waals surface area contributed by atoms with Crippen LogP contribution in [-0.4, -0.2) is 37.1 Å². The molecular weight excluding hydrogens is 400 g/mol. The zero-order valence-electron chi connectivity index (χ0n) is 18.2. The van der Waals surface area contributed by atoms with Crippen LogP contribution in [0.15, 0.2) is 29.2 Å². The third-order valence-electron chi connectivity index (χ3n) is 5.71. The summed E-state index contributed by atoms with van der Waals surface area (Å²) in [7, 11) is -3.96. The number of carbonyl (C=O) groups is 1. The summed E-state index contributed by atoms with van der Waals surface area (Å²) in [5.41, 5.74) is 2.43. The van der Waals surface area contributed by atoms with Crippen LogP contribution in [0, 0.1) is 13.8 Å². The first-order valence-electron chi connectivity index (χ1n) is 10.6. The maximum absolute atomic E-state index is 13.6. The van der Waals surface area contributed by atoms with Gasteiger partial charge in [0.25, 0.3) is 10.0 Å². The van der Waals surface area contributed by atoms with Crippen molar-refractivity contribution >= 4 is 21.6 Å². The Kier molecular flexibility index (Phi) is 6.85. The molecule has 1 aromatic heterocycles. The first-order chi connectivity index (χ1) is 14.2. The standard InChI is InChI=1S/C22H32N4O3S/c1-15(2)18-10-12-20(13-11-18)26(14-21(27)23-19-8-6-5-7-9-19)30(28,29)22-16(3)24-25-17(22)4/h10-13,15,19H,5-9,14H2,1-4H3,(H,23,27)(H,24,25). The SMILES string of the molecule is Cc1n[nH]c(C)c1S(=O)(=O)N(CC(=O)NC1CCCCC1)c1ccc(C(C)C)cc1. The molecule has 164 valence electrons. The van der Waals surface area contributed by atoms with E-state index < -0.39 is 10.0 Å². The Morgan fingerprint density at radius 3 is 2.33 bits per heavy atom. The number of hydrogen-bond donors (Lipinski definition) is 2. The van der Waals surface area contributed by atoms with E-state index in [2.05, 4.69) is 29.4 Å². The molecule has 1 amide bonds. The summed E-state index contributed by atoms with van der Waals surface area (Å²) in [5, 5.41) is 9.80. The number of nitrogens with zero attached hydrogens (tertiary/aromatic N) is 2. The number of sulfonamides is 1. The number of aromatic nitrogens is 2. The number of H-pyrrole nitrogens is 1. The molecule has 3 rings (SSSR count). The monoisotopic (exact) mass is 432 g/mol. The minimum absolute atomic E-state index is 0.122. The molecule has 0 aliphatic heterocycles. The fourth-order valence-electron chi connectivity index (χ4n) is 4.02. The topological polar surface area (TPSA) is 95.2 Å². The maximum atomic E-state index is 13.6. The Bertz CT molecular complexity index is 955. The number of hydrogen-bond acceptors (Lipinski definition) is 4. The summed E-state index contributed by atoms with van der Waals surface area (Å²) in [6, 6.07) is 7.49. The van der Waals surface area contributed by atoms with E-state index in [1.54, 1.807) is 26.0 Å². The summed E-state index contributed by atoms with van der Waals surface area (Å²) in [6.07, 6.45) is 5.27. The van der Waals surface area contributed by atoms with Crippen LogP contribution in [0.3, 0.4) is 0 Å². The van der Waals surface area contributed by atoms with E-state index >= 15 is 0 Å². The summed E-state index contributed by atoms with van der Waals surface area (Å²) in [5.74, 6) is 0.0503. The Morgan fingerprint density at radius 1 is 1.17 bits per heavy atom. The molecule has 1 aromatic carbocycles. The highest BCUT2D eigenvalue weighted by molar-refractivity contribution is 7.93. The summed E-state index contributed by atoms with van der Waals surface area (Å²) >= 11 is 0. The molecule has 1 saturated carbocycles. The van der Waals surface area contributed by atoms with Crippen molar-refractivity contribution in [1.82, 2.24) is 15.5 Å². The zero-order chi connectivity index (χ0) is 21.9. The molecule has 2 N–H and O–H groups in total. The van der Waals surface area contributed by atoms with Crippen molar-refractivity contribution in [3.63, 3.8) is 0 Å². The molecule has 8 heteroatoms. The van der Waals surface area contributed by atoms with Crippen molar-refractivity contribution in [2.24, 2.45) is 0 Å². The van der Waals surface area contributed by atoms with Gasteiger partial charge in [0.15, 0.2) is 0 Å². The molecule has 0 radical (unpaired) electrons. The molecule has 1 heterocycles. The quantitative estimate of drug-likeness (QED) is 0.696. The number of anilines is 1. The number of amides is 1. The lowest BCUT2D eigenvalue weighted by Gasteiger charge is -2.27. The fourth-order valence-corrected chi connectivity index (χ4v) is 5.78. The lowest BCUT2D eigenvalue weighted by molar-refractivity contribution is -0.120. The van der Waals surface area contributed by atoms with Gasteiger partial charge in [-0.25, -0.2) is 8.42 Å². The third-order valence-corrected chi connectivity index (χ3v) is 7.75. The summed E-state index contributed by atoms with van der Waals surface area (Å²) in [4.78, 5) is 12.9. The van der Waals surface area contributed by atoms with Crippen LogP contribution in [0.2, 0.25) is 0 Å². The van der Waals surface area contributed by atoms with Gasteiger partial charge in [0.2, 0.25) is 5.91 Å². The minimum Gasteiger partial charge on any atom is -0.352 e. The summed E-state index contributed by atoms with van der Waals surface area (Å²) < 4.78 is 28.3. The molecule has 0 saturated heterocycles. The first-order valence-corrected chi connectivity index (χ1v) is 12.1. The van der Waals surface area contributed by atoms with E-state index in [1.165, 1.54) is 10.7 Å². The van der Waals surface area contributed by atoms with Crippen molar-refractivity contribution in [1.29, 1.82) is 0 Å². The highest BCUT2D eigenvalue weighted by Crippen LogP contribution is 2.28. The number of carbonyl (C=O) groups excluding carboxylic acids is 1. The molecule has 0 bridgehead atoms. The van der Waals surface area contributed by atoms with Gasteiger partial charge in [-0.3, -0.25) is 14.2 Å². The second-order valence-electron chi connectivity index (χ2n) is 8.42. The molecule has 0 spiro atoms. The van der Waals surface area contributed by atoms with Crippen molar-refractivity contribution < 1.29 is 13.2 Å². The molecule has 1 aliphatic carbocycles. The smallest absolute Gasteiger partial charge is 0.268 e. The zero-order valence-corrected chi connectivity index (χ0v) is 19.1. The summed E-state index contributed by atoms with van der Waals surface area (Å²) in [6.45, 7) is 7.23. The maximum Gasteiger partial charge on any atom is 0.268 e. The van der Waals surface area contributed by atoms with Gasteiger partial charge >= 0.3 is 0 Å². The molecule has 2 aromatic rings. The molecule has 1 aliphatic rings. The van der Waals surface area contributed by atoms with Crippen LogP contribution in [0.25, 0.3) is 0 Å². The van der Waals surface area contributed by atoms with Gasteiger partial charge < -0.3 is 5.32 Å². The molecule has 0 atom stereocenters. The Labute approximate surface area is 179 Å². The van der Waals surface area contributed by atoms with Crippen LogP contribution in [-0.2, 0) is 14.8 Å². The molecular formula is C22H32N4O3S. The van der Waals surface area contributed by atoms with E-state index in [-0.39, 0.29) is 23.4 Å². The second-order valence-corrected chi connectivity index (χ2v) is 10.2. The molecule has 0 unspecified atom stereocenters. The van der Waals surface area contributed by atoms with Crippen molar-refractivity contribution in [3.05, 3.63) is 41.2 Å². The minimum atomic E-state index is -3.96. The largest absolute Gasteiger partial charge is 0.352 e. The van der Waals surface area contributed by atoms with Crippen LogP contribution in [0.4, 0.5) is 5.69 Å². The lowest BCUT2D eigenvalue weighted by Crippen LogP contribution is -2.45. The van der Waals surface area contributed by atoms with Gasteiger partial charge in [-0.05, 0) is 50.3 Å². The van der Waals surface area contributed by atoms with Gasteiger partial charge in [-0.1, -0.05) is 45.2 Å². The third kappa shape index (κ3) is 4.86. The first kappa shape index (κ1) is 22.3. The van der Waals surface area contributed by atoms with E-state index in [9.17, 15) is 13.2 Å². The van der Waals surface area contributed by atoms with Crippen LogP contribution in [0.5, 0.6) is 0 Å². The van der Waals surface area contributed by atoms with E-state index in [4.69, 9.17) is 0 Å². The van der Waals surface area contributed by atoms with E-state index in [0.717, 1.165) is 31.2 Å². The van der Waals surface area contributed by atoms with Crippen LogP contribution in [0.1, 0.15) is 68.8 Å². The van der Waals surface area contributed by atoms with Gasteiger partial charge in [0, 0.05) is 6.04 Å². The number of benzene rings is 1. The van der Waals surface area contributed by atoms with Crippen molar-refractivity contribution in [2.45, 2.75) is 76.7 Å². The normalized spacial score (nSPS) is 15.4. The van der Waals surface area contributed by atoms with Crippen molar-refractivity contribution in [2.75, 3.05) is 10.8 Å². The van der Waals surface area contributed by atoms with Crippen LogP contribution < -0.4 is 9.62 Å². The van der Waals surface area contributed by atoms with E-state index in [1.807, 2.05) is 12.1 Å². The van der Waals surface area contributed by atoms with E-state index in [0.29, 0.717) is 23.0 Å². The average Bonchev–Trinajstić information content (AvgIpc) is 3.05. The number of rotatable bonds is 7. The number of nitrogens with one attached hydrogen (secondary N) is 2. The van der Waals surface area contributed by atoms with Crippen molar-refractivity contribution in [3.8, 4) is 0 Å². The highest BCUT2D eigenvalue weighted by atomic mass is 32.2. The van der Waals surface area contributed by atoms with Gasteiger partial charge in [0.05, 0.1) is 17.1 Å². The van der Waals surface area contributed by atoms with Gasteiger partial charge in [-0.15, -0.1) is 0 Å². The predicted molar refractivity (Wildman–Crippen MR) is 118 cm³/mol.